The maximum Gasteiger partial charge on any atom is 0.164 e. The Hall–Kier alpha value is -7.63. The predicted octanol–water partition coefficient (Wildman–Crippen LogP) is 13.2. The van der Waals surface area contributed by atoms with Gasteiger partial charge in [0.2, 0.25) is 0 Å². The Morgan fingerprint density at radius 2 is 0.911 bits per heavy atom. The van der Waals surface area contributed by atoms with Gasteiger partial charge in [0.05, 0.1) is 11.0 Å². The number of benzene rings is 8. The molecule has 0 saturated carbocycles. The molecule has 5 heteroatoms. The van der Waals surface area contributed by atoms with Crippen LogP contribution in [0.3, 0.4) is 0 Å². The number of para-hydroxylation sites is 2. The summed E-state index contributed by atoms with van der Waals surface area (Å²) in [5.41, 5.74) is 12.3. The van der Waals surface area contributed by atoms with Crippen LogP contribution in [0.5, 0.6) is 0 Å². The molecule has 0 fully saturated rings. The third kappa shape index (κ3) is 5.29. The highest BCUT2D eigenvalue weighted by Gasteiger charge is 2.21. The highest BCUT2D eigenvalue weighted by molar-refractivity contribution is 6.15. The van der Waals surface area contributed by atoms with Crippen LogP contribution in [0.1, 0.15) is 0 Å². The minimum atomic E-state index is 0.592. The van der Waals surface area contributed by atoms with Gasteiger partial charge in [-0.25, -0.2) is 15.0 Å². The van der Waals surface area contributed by atoms with Crippen LogP contribution in [-0.4, -0.2) is 19.5 Å². The molecule has 3 heterocycles. The molecule has 5 nitrogen and oxygen atoms in total. The van der Waals surface area contributed by atoms with Crippen molar-refractivity contribution < 1.29 is 4.42 Å². The molecule has 0 aliphatic heterocycles. The number of hydrogen-bond donors (Lipinski definition) is 0. The lowest BCUT2D eigenvalue weighted by molar-refractivity contribution is 0.669. The van der Waals surface area contributed by atoms with Gasteiger partial charge in [0.15, 0.2) is 17.5 Å². The zero-order valence-corrected chi connectivity index (χ0v) is 30.2. The topological polar surface area (TPSA) is 56.7 Å². The van der Waals surface area contributed by atoms with Crippen molar-refractivity contribution in [2.75, 3.05) is 0 Å². The summed E-state index contributed by atoms with van der Waals surface area (Å²) in [6.07, 6.45) is 0. The molecule has 0 saturated heterocycles. The predicted molar refractivity (Wildman–Crippen MR) is 229 cm³/mol. The fourth-order valence-electron chi connectivity index (χ4n) is 8.08. The Labute approximate surface area is 322 Å². The average Bonchev–Trinajstić information content (AvgIpc) is 3.82. The molecular weight excluding hydrogens is 685 g/mol. The van der Waals surface area contributed by atoms with Crippen molar-refractivity contribution in [1.29, 1.82) is 0 Å². The Bertz CT molecular complexity index is 3170. The molecule has 8 aromatic carbocycles. The molecule has 0 aliphatic carbocycles. The summed E-state index contributed by atoms with van der Waals surface area (Å²) in [6, 6.07) is 67.5. The number of aromatic nitrogens is 4. The first-order chi connectivity index (χ1) is 27.8. The van der Waals surface area contributed by atoms with Crippen LogP contribution >= 0.6 is 0 Å². The van der Waals surface area contributed by atoms with Gasteiger partial charge in [-0.15, -0.1) is 0 Å². The van der Waals surface area contributed by atoms with E-state index in [-0.39, 0.29) is 0 Å². The lowest BCUT2D eigenvalue weighted by Crippen LogP contribution is -2.00. The molecule has 0 amide bonds. The number of hydrogen-bond acceptors (Lipinski definition) is 4. The second-order valence-corrected chi connectivity index (χ2v) is 14.0. The second-order valence-electron chi connectivity index (χ2n) is 14.0. The van der Waals surface area contributed by atoms with E-state index in [0.717, 1.165) is 72.1 Å². The van der Waals surface area contributed by atoms with Crippen molar-refractivity contribution in [3.8, 4) is 62.1 Å². The van der Waals surface area contributed by atoms with Crippen LogP contribution in [-0.2, 0) is 0 Å². The van der Waals surface area contributed by atoms with Crippen LogP contribution in [0.15, 0.2) is 199 Å². The molecule has 0 unspecified atom stereocenters. The smallest absolute Gasteiger partial charge is 0.164 e. The Morgan fingerprint density at radius 3 is 1.61 bits per heavy atom. The van der Waals surface area contributed by atoms with Crippen molar-refractivity contribution in [3.05, 3.63) is 194 Å². The Morgan fingerprint density at radius 1 is 0.339 bits per heavy atom. The second kappa shape index (κ2) is 13.0. The van der Waals surface area contributed by atoms with Crippen molar-refractivity contribution in [2.24, 2.45) is 0 Å². The largest absolute Gasteiger partial charge is 0.456 e. The van der Waals surface area contributed by atoms with Gasteiger partial charge in [0.25, 0.3) is 0 Å². The minimum Gasteiger partial charge on any atom is -0.456 e. The van der Waals surface area contributed by atoms with E-state index >= 15 is 0 Å². The first-order valence-corrected chi connectivity index (χ1v) is 18.8. The molecule has 11 rings (SSSR count). The third-order valence-corrected chi connectivity index (χ3v) is 10.7. The van der Waals surface area contributed by atoms with E-state index in [1.165, 1.54) is 16.3 Å². The van der Waals surface area contributed by atoms with Crippen molar-refractivity contribution in [3.63, 3.8) is 0 Å². The van der Waals surface area contributed by atoms with E-state index in [9.17, 15) is 0 Å². The summed E-state index contributed by atoms with van der Waals surface area (Å²) >= 11 is 0. The summed E-state index contributed by atoms with van der Waals surface area (Å²) in [4.78, 5) is 15.2. The van der Waals surface area contributed by atoms with E-state index < -0.39 is 0 Å². The quantitative estimate of drug-likeness (QED) is 0.172. The Kier molecular flexibility index (Phi) is 7.42. The average molecular weight is 717 g/mol. The monoisotopic (exact) mass is 716 g/mol. The van der Waals surface area contributed by atoms with Crippen LogP contribution in [0.25, 0.3) is 106 Å². The van der Waals surface area contributed by atoms with E-state index in [0.29, 0.717) is 17.5 Å². The molecule has 0 N–H and O–H groups in total. The van der Waals surface area contributed by atoms with E-state index in [2.05, 4.69) is 126 Å². The normalized spacial score (nSPS) is 11.6. The highest BCUT2D eigenvalue weighted by atomic mass is 16.3. The first-order valence-electron chi connectivity index (χ1n) is 18.8. The molecular formula is C51H32N4O. The summed E-state index contributed by atoms with van der Waals surface area (Å²) in [7, 11) is 0. The summed E-state index contributed by atoms with van der Waals surface area (Å²) in [5, 5.41) is 4.38. The molecule has 0 bridgehead atoms. The van der Waals surface area contributed by atoms with E-state index in [1.807, 2.05) is 72.8 Å². The first kappa shape index (κ1) is 31.9. The number of rotatable bonds is 6. The molecule has 0 radical (unpaired) electrons. The molecule has 262 valence electrons. The van der Waals surface area contributed by atoms with Gasteiger partial charge >= 0.3 is 0 Å². The van der Waals surface area contributed by atoms with Crippen LogP contribution in [0.4, 0.5) is 0 Å². The van der Waals surface area contributed by atoms with Crippen LogP contribution in [0, 0.1) is 0 Å². The number of nitrogens with zero attached hydrogens (tertiary/aromatic N) is 4. The Balaban J connectivity index is 1.17. The zero-order chi connectivity index (χ0) is 37.0. The molecule has 11 aromatic rings. The van der Waals surface area contributed by atoms with Crippen LogP contribution < -0.4 is 0 Å². The van der Waals surface area contributed by atoms with Gasteiger partial charge in [-0.2, -0.15) is 0 Å². The number of fused-ring (bicyclic) bond motifs is 6. The lowest BCUT2D eigenvalue weighted by Gasteiger charge is -2.13. The van der Waals surface area contributed by atoms with Crippen molar-refractivity contribution in [2.45, 2.75) is 0 Å². The number of furan rings is 1. The van der Waals surface area contributed by atoms with E-state index in [4.69, 9.17) is 19.4 Å². The van der Waals surface area contributed by atoms with Gasteiger partial charge in [-0.3, -0.25) is 0 Å². The van der Waals surface area contributed by atoms with Crippen molar-refractivity contribution >= 4 is 43.7 Å². The van der Waals surface area contributed by atoms with Gasteiger partial charge < -0.3 is 8.98 Å². The van der Waals surface area contributed by atoms with Gasteiger partial charge in [-0.1, -0.05) is 146 Å². The van der Waals surface area contributed by atoms with Gasteiger partial charge in [0, 0.05) is 43.9 Å². The van der Waals surface area contributed by atoms with Crippen LogP contribution in [0.2, 0.25) is 0 Å². The van der Waals surface area contributed by atoms with E-state index in [1.54, 1.807) is 0 Å². The third-order valence-electron chi connectivity index (χ3n) is 10.7. The molecule has 56 heavy (non-hydrogen) atoms. The zero-order valence-electron chi connectivity index (χ0n) is 30.2. The fourth-order valence-corrected chi connectivity index (χ4v) is 8.08. The minimum absolute atomic E-state index is 0.592. The SMILES string of the molecule is c1ccc(-c2nc(-c3ccccc3)nc(-c3cccc4oc5cc(-c6ccccc6)c(-c6ccc7c(c6)c6ccccc6n7-c6ccccc6)cc5c34)n2)cc1. The van der Waals surface area contributed by atoms with Gasteiger partial charge in [0.1, 0.15) is 11.2 Å². The standard InChI is InChI=1S/C51H32N4O/c1-5-16-33(17-6-1)41-32-47-43(31-40(41)36-28-29-45-42(30-36)38-24-13-14-26-44(38)55(45)37-22-11-4-12-23-37)48-39(25-15-27-46(48)56-47)51-53-49(34-18-7-2-8-19-34)52-50(54-51)35-20-9-3-10-21-35/h1-32H. The summed E-state index contributed by atoms with van der Waals surface area (Å²) in [5.74, 6) is 1.83. The maximum absolute atomic E-state index is 6.70. The van der Waals surface area contributed by atoms with Crippen molar-refractivity contribution in [1.82, 2.24) is 19.5 Å². The molecule has 0 aliphatic rings. The molecule has 0 spiro atoms. The fraction of sp³-hybridized carbons (Fsp3) is 0. The highest BCUT2D eigenvalue weighted by Crippen LogP contribution is 2.44. The molecule has 0 atom stereocenters. The maximum atomic E-state index is 6.70. The summed E-state index contributed by atoms with van der Waals surface area (Å²) < 4.78 is 9.06. The lowest BCUT2D eigenvalue weighted by atomic mass is 9.91. The summed E-state index contributed by atoms with van der Waals surface area (Å²) in [6.45, 7) is 0. The van der Waals surface area contributed by atoms with Gasteiger partial charge in [-0.05, 0) is 70.8 Å². The molecule has 3 aromatic heterocycles.